The summed E-state index contributed by atoms with van der Waals surface area (Å²) in [4.78, 5) is 15.0. The van der Waals surface area contributed by atoms with Crippen LogP contribution in [0.4, 0.5) is 4.79 Å². The average molecular weight is 330 g/mol. The number of amides is 1. The number of aromatic nitrogens is 1. The Bertz CT molecular complexity index is 711. The highest BCUT2D eigenvalue weighted by Crippen LogP contribution is 2.30. The van der Waals surface area contributed by atoms with Crippen LogP contribution >= 0.6 is 0 Å². The number of fused-ring (bicyclic) bond motifs is 1. The van der Waals surface area contributed by atoms with Crippen LogP contribution in [-0.4, -0.2) is 29.8 Å². The van der Waals surface area contributed by atoms with Crippen LogP contribution in [0.5, 0.6) is 5.75 Å². The molecule has 5 nitrogen and oxygen atoms in total. The third kappa shape index (κ3) is 4.66. The van der Waals surface area contributed by atoms with Crippen LogP contribution in [0, 0.1) is 5.92 Å². The van der Waals surface area contributed by atoms with Crippen LogP contribution in [0.25, 0.3) is 10.9 Å². The summed E-state index contributed by atoms with van der Waals surface area (Å²) >= 11 is 0. The van der Waals surface area contributed by atoms with Gasteiger partial charge >= 0.3 is 6.09 Å². The molecule has 1 saturated carbocycles. The van der Waals surface area contributed by atoms with Gasteiger partial charge in [0, 0.05) is 29.7 Å². The zero-order chi connectivity index (χ0) is 17.2. The van der Waals surface area contributed by atoms with E-state index in [9.17, 15) is 4.79 Å². The molecule has 24 heavy (non-hydrogen) atoms. The predicted molar refractivity (Wildman–Crippen MR) is 94.5 cm³/mol. The standard InChI is InChI=1S/C19H26N2O3/c1-19(2,3)24-18(22)20-9-8-14-11-21-17-10-15(6-7-16(14)17)23-12-13-4-5-13/h6-7,10-11,13,21H,4-5,8-9,12H2,1-3H3,(H,20,22). The van der Waals surface area contributed by atoms with Gasteiger partial charge in [0.1, 0.15) is 11.4 Å². The van der Waals surface area contributed by atoms with Crippen LogP contribution in [0.15, 0.2) is 24.4 Å². The number of hydrogen-bond donors (Lipinski definition) is 2. The molecule has 1 fully saturated rings. The SMILES string of the molecule is CC(C)(C)OC(=O)NCCc1c[nH]c2cc(OCC3CC3)ccc12. The van der Waals surface area contributed by atoms with E-state index in [0.717, 1.165) is 30.2 Å². The molecule has 2 N–H and O–H groups in total. The summed E-state index contributed by atoms with van der Waals surface area (Å²) < 4.78 is 11.0. The summed E-state index contributed by atoms with van der Waals surface area (Å²) in [5, 5.41) is 3.96. The number of alkyl carbamates (subject to hydrolysis) is 1. The second-order valence-electron chi connectivity index (χ2n) is 7.45. The molecule has 1 amide bonds. The number of ether oxygens (including phenoxy) is 2. The number of benzene rings is 1. The maximum atomic E-state index is 11.7. The molecule has 0 spiro atoms. The number of H-pyrrole nitrogens is 1. The van der Waals surface area contributed by atoms with Crippen molar-refractivity contribution in [2.75, 3.05) is 13.2 Å². The Morgan fingerprint density at radius 3 is 2.83 bits per heavy atom. The molecular weight excluding hydrogens is 304 g/mol. The van der Waals surface area contributed by atoms with Crippen molar-refractivity contribution >= 4 is 17.0 Å². The minimum atomic E-state index is -0.471. The number of aromatic amines is 1. The van der Waals surface area contributed by atoms with E-state index in [1.165, 1.54) is 23.8 Å². The first kappa shape index (κ1) is 16.7. The predicted octanol–water partition coefficient (Wildman–Crippen LogP) is 4.02. The van der Waals surface area contributed by atoms with Gasteiger partial charge in [-0.1, -0.05) is 0 Å². The average Bonchev–Trinajstić information content (AvgIpc) is 3.24. The van der Waals surface area contributed by atoms with Crippen molar-refractivity contribution in [2.45, 2.75) is 45.6 Å². The molecule has 0 atom stereocenters. The zero-order valence-electron chi connectivity index (χ0n) is 14.6. The highest BCUT2D eigenvalue weighted by atomic mass is 16.6. The van der Waals surface area contributed by atoms with Gasteiger partial charge in [0.15, 0.2) is 0 Å². The number of rotatable bonds is 6. The van der Waals surface area contributed by atoms with Crippen LogP contribution in [-0.2, 0) is 11.2 Å². The van der Waals surface area contributed by atoms with Crippen LogP contribution in [0.2, 0.25) is 0 Å². The number of hydrogen-bond acceptors (Lipinski definition) is 3. The molecule has 5 heteroatoms. The molecule has 2 aromatic rings. The van der Waals surface area contributed by atoms with E-state index in [4.69, 9.17) is 9.47 Å². The summed E-state index contributed by atoms with van der Waals surface area (Å²) in [5.74, 6) is 1.66. The first-order valence-electron chi connectivity index (χ1n) is 8.60. The van der Waals surface area contributed by atoms with Gasteiger partial charge < -0.3 is 19.8 Å². The molecule has 0 aliphatic heterocycles. The number of carbonyl (C=O) groups is 1. The van der Waals surface area contributed by atoms with E-state index in [-0.39, 0.29) is 6.09 Å². The van der Waals surface area contributed by atoms with E-state index >= 15 is 0 Å². The van der Waals surface area contributed by atoms with E-state index in [2.05, 4.69) is 16.4 Å². The van der Waals surface area contributed by atoms with Gasteiger partial charge in [-0.05, 0) is 63.6 Å². The third-order valence-electron chi connectivity index (χ3n) is 3.98. The van der Waals surface area contributed by atoms with Crippen molar-refractivity contribution in [2.24, 2.45) is 5.92 Å². The third-order valence-corrected chi connectivity index (χ3v) is 3.98. The maximum absolute atomic E-state index is 11.7. The van der Waals surface area contributed by atoms with Gasteiger partial charge in [-0.25, -0.2) is 4.79 Å². The van der Waals surface area contributed by atoms with Gasteiger partial charge in [0.05, 0.1) is 6.61 Å². The van der Waals surface area contributed by atoms with Gasteiger partial charge in [-0.3, -0.25) is 0 Å². The second-order valence-corrected chi connectivity index (χ2v) is 7.45. The fourth-order valence-corrected chi connectivity index (χ4v) is 2.57. The fraction of sp³-hybridized carbons (Fsp3) is 0.526. The van der Waals surface area contributed by atoms with Gasteiger partial charge in [0.25, 0.3) is 0 Å². The summed E-state index contributed by atoms with van der Waals surface area (Å²) in [5.41, 5.74) is 1.77. The van der Waals surface area contributed by atoms with Gasteiger partial charge in [-0.2, -0.15) is 0 Å². The number of nitrogens with one attached hydrogen (secondary N) is 2. The topological polar surface area (TPSA) is 63.3 Å². The van der Waals surface area contributed by atoms with E-state index in [0.29, 0.717) is 6.54 Å². The highest BCUT2D eigenvalue weighted by Gasteiger charge is 2.22. The lowest BCUT2D eigenvalue weighted by Gasteiger charge is -2.19. The van der Waals surface area contributed by atoms with Crippen LogP contribution < -0.4 is 10.1 Å². The van der Waals surface area contributed by atoms with Crippen molar-refractivity contribution in [3.63, 3.8) is 0 Å². The van der Waals surface area contributed by atoms with Crippen molar-refractivity contribution in [3.8, 4) is 5.75 Å². The smallest absolute Gasteiger partial charge is 0.407 e. The summed E-state index contributed by atoms with van der Waals surface area (Å²) in [6.07, 6.45) is 4.95. The van der Waals surface area contributed by atoms with Gasteiger partial charge in [-0.15, -0.1) is 0 Å². The molecule has 1 heterocycles. The van der Waals surface area contributed by atoms with Crippen LogP contribution in [0.3, 0.4) is 0 Å². The normalized spacial score (nSPS) is 14.6. The van der Waals surface area contributed by atoms with Crippen molar-refractivity contribution < 1.29 is 14.3 Å². The molecule has 3 rings (SSSR count). The Balaban J connectivity index is 1.54. The van der Waals surface area contributed by atoms with Crippen molar-refractivity contribution in [1.82, 2.24) is 10.3 Å². The molecule has 130 valence electrons. The highest BCUT2D eigenvalue weighted by molar-refractivity contribution is 5.84. The van der Waals surface area contributed by atoms with Crippen molar-refractivity contribution in [3.05, 3.63) is 30.0 Å². The lowest BCUT2D eigenvalue weighted by atomic mass is 10.1. The molecule has 0 radical (unpaired) electrons. The van der Waals surface area contributed by atoms with E-state index < -0.39 is 5.60 Å². The molecule has 1 aromatic carbocycles. The molecule has 0 saturated heterocycles. The Hall–Kier alpha value is -2.17. The summed E-state index contributed by atoms with van der Waals surface area (Å²) in [6.45, 7) is 6.93. The van der Waals surface area contributed by atoms with Crippen molar-refractivity contribution in [1.29, 1.82) is 0 Å². The minimum absolute atomic E-state index is 0.377. The summed E-state index contributed by atoms with van der Waals surface area (Å²) in [7, 11) is 0. The lowest BCUT2D eigenvalue weighted by Crippen LogP contribution is -2.33. The Kier molecular flexibility index (Phi) is 4.69. The minimum Gasteiger partial charge on any atom is -0.493 e. The van der Waals surface area contributed by atoms with Gasteiger partial charge in [0.2, 0.25) is 0 Å². The Labute approximate surface area is 142 Å². The molecule has 0 unspecified atom stereocenters. The fourth-order valence-electron chi connectivity index (χ4n) is 2.57. The quantitative estimate of drug-likeness (QED) is 0.841. The monoisotopic (exact) mass is 330 g/mol. The zero-order valence-corrected chi connectivity index (χ0v) is 14.6. The van der Waals surface area contributed by atoms with Crippen LogP contribution in [0.1, 0.15) is 39.2 Å². The lowest BCUT2D eigenvalue weighted by molar-refractivity contribution is 0.0528. The molecule has 1 aliphatic rings. The van der Waals surface area contributed by atoms with E-state index in [1.807, 2.05) is 39.1 Å². The Morgan fingerprint density at radius 1 is 1.33 bits per heavy atom. The first-order chi connectivity index (χ1) is 11.4. The second kappa shape index (κ2) is 6.75. The molecular formula is C19H26N2O3. The summed E-state index contributed by atoms with van der Waals surface area (Å²) in [6, 6.07) is 6.14. The number of carbonyl (C=O) groups excluding carboxylic acids is 1. The largest absolute Gasteiger partial charge is 0.493 e. The molecule has 0 bridgehead atoms. The maximum Gasteiger partial charge on any atom is 0.407 e. The Morgan fingerprint density at radius 2 is 2.12 bits per heavy atom. The van der Waals surface area contributed by atoms with E-state index in [1.54, 1.807) is 0 Å². The molecule has 1 aromatic heterocycles. The first-order valence-corrected chi connectivity index (χ1v) is 8.60. The molecule has 1 aliphatic carbocycles.